The number of aromatic hydroxyl groups is 1. The van der Waals surface area contributed by atoms with Crippen molar-refractivity contribution in [1.82, 2.24) is 5.32 Å². The molecule has 19 heavy (non-hydrogen) atoms. The van der Waals surface area contributed by atoms with E-state index in [-0.39, 0.29) is 34.8 Å². The molecule has 1 aliphatic rings. The van der Waals surface area contributed by atoms with Crippen LogP contribution >= 0.6 is 0 Å². The van der Waals surface area contributed by atoms with E-state index in [1.54, 1.807) is 12.1 Å². The highest BCUT2D eigenvalue weighted by Gasteiger charge is 2.25. The predicted octanol–water partition coefficient (Wildman–Crippen LogP) is 1.01. The Morgan fingerprint density at radius 2 is 1.95 bits per heavy atom. The minimum Gasteiger partial charge on any atom is -0.507 e. The zero-order chi connectivity index (χ0) is 14.0. The first kappa shape index (κ1) is 13.9. The topological polar surface area (TPSA) is 83.5 Å². The molecular weight excluding hydrogens is 266 g/mol. The fraction of sp³-hybridized carbons (Fsp3) is 0.462. The Hall–Kier alpha value is -1.56. The number of benzene rings is 1. The molecule has 0 spiro atoms. The Balaban J connectivity index is 2.04. The highest BCUT2D eigenvalue weighted by atomic mass is 32.2. The smallest absolute Gasteiger partial charge is 0.255 e. The number of amides is 1. The van der Waals surface area contributed by atoms with Gasteiger partial charge in [-0.05, 0) is 31.9 Å². The van der Waals surface area contributed by atoms with Gasteiger partial charge >= 0.3 is 0 Å². The molecule has 0 bridgehead atoms. The second-order valence-electron chi connectivity index (χ2n) is 4.92. The summed E-state index contributed by atoms with van der Waals surface area (Å²) in [7, 11) is -2.93. The zero-order valence-corrected chi connectivity index (χ0v) is 11.5. The molecular formula is C13H17NO4S. The van der Waals surface area contributed by atoms with Crippen molar-refractivity contribution in [2.24, 2.45) is 0 Å². The van der Waals surface area contributed by atoms with Crippen molar-refractivity contribution >= 4 is 15.7 Å². The second kappa shape index (κ2) is 5.21. The fourth-order valence-corrected chi connectivity index (χ4v) is 3.62. The van der Waals surface area contributed by atoms with Gasteiger partial charge in [0, 0.05) is 6.04 Å². The molecule has 104 valence electrons. The van der Waals surface area contributed by atoms with Crippen molar-refractivity contribution < 1.29 is 18.3 Å². The van der Waals surface area contributed by atoms with Gasteiger partial charge in [0.2, 0.25) is 0 Å². The Bertz CT molecular complexity index is 581. The molecule has 1 aromatic carbocycles. The van der Waals surface area contributed by atoms with Crippen LogP contribution in [0.3, 0.4) is 0 Å². The Labute approximate surface area is 112 Å². The monoisotopic (exact) mass is 283 g/mol. The van der Waals surface area contributed by atoms with Gasteiger partial charge in [0.25, 0.3) is 5.91 Å². The van der Waals surface area contributed by atoms with E-state index in [4.69, 9.17) is 0 Å². The number of carbonyl (C=O) groups is 1. The van der Waals surface area contributed by atoms with Crippen molar-refractivity contribution in [2.45, 2.75) is 25.8 Å². The number of phenols is 1. The molecule has 1 aliphatic heterocycles. The van der Waals surface area contributed by atoms with Crippen molar-refractivity contribution in [2.75, 3.05) is 11.5 Å². The van der Waals surface area contributed by atoms with Gasteiger partial charge in [-0.2, -0.15) is 0 Å². The summed E-state index contributed by atoms with van der Waals surface area (Å²) in [4.78, 5) is 12.0. The van der Waals surface area contributed by atoms with E-state index in [0.29, 0.717) is 12.8 Å². The molecule has 1 amide bonds. The molecule has 1 heterocycles. The molecule has 6 heteroatoms. The van der Waals surface area contributed by atoms with Gasteiger partial charge in [-0.25, -0.2) is 8.42 Å². The minimum absolute atomic E-state index is 0.0634. The third kappa shape index (κ3) is 3.47. The fourth-order valence-electron chi connectivity index (χ4n) is 2.13. The summed E-state index contributed by atoms with van der Waals surface area (Å²) in [6.07, 6.45) is 0.862. The lowest BCUT2D eigenvalue weighted by atomic mass is 10.1. The van der Waals surface area contributed by atoms with Crippen molar-refractivity contribution in [3.8, 4) is 5.75 Å². The summed E-state index contributed by atoms with van der Waals surface area (Å²) in [5.74, 6) is -0.202. The molecule has 1 aromatic rings. The lowest BCUT2D eigenvalue weighted by molar-refractivity contribution is 0.0931. The molecule has 0 aliphatic carbocycles. The van der Waals surface area contributed by atoms with Crippen LogP contribution in [0.25, 0.3) is 0 Å². The van der Waals surface area contributed by atoms with Crippen LogP contribution in [0.1, 0.15) is 28.8 Å². The second-order valence-corrected chi connectivity index (χ2v) is 7.22. The first-order valence-electron chi connectivity index (χ1n) is 6.18. The summed E-state index contributed by atoms with van der Waals surface area (Å²) in [5.41, 5.74) is 1.11. The standard InChI is InChI=1S/C13H17NO4S/c1-9-2-3-12(15)11(8-9)13(16)14-10-4-6-19(17,18)7-5-10/h2-3,8,10,15H,4-7H2,1H3,(H,14,16). The first-order chi connectivity index (χ1) is 8.87. The summed E-state index contributed by atoms with van der Waals surface area (Å²) in [6.45, 7) is 1.84. The zero-order valence-electron chi connectivity index (χ0n) is 10.7. The van der Waals surface area contributed by atoms with E-state index in [2.05, 4.69) is 5.32 Å². The van der Waals surface area contributed by atoms with Crippen LogP contribution in [0.4, 0.5) is 0 Å². The lowest BCUT2D eigenvalue weighted by Crippen LogP contribution is -2.40. The minimum atomic E-state index is -2.93. The number of rotatable bonds is 2. The maximum Gasteiger partial charge on any atom is 0.255 e. The Morgan fingerprint density at radius 3 is 2.58 bits per heavy atom. The maximum atomic E-state index is 12.0. The van der Waals surface area contributed by atoms with Gasteiger partial charge in [-0.15, -0.1) is 0 Å². The maximum absolute atomic E-state index is 12.0. The number of aryl methyl sites for hydroxylation is 1. The van der Waals surface area contributed by atoms with Crippen molar-refractivity contribution in [3.05, 3.63) is 29.3 Å². The van der Waals surface area contributed by atoms with Gasteiger partial charge in [-0.1, -0.05) is 11.6 Å². The van der Waals surface area contributed by atoms with Gasteiger partial charge < -0.3 is 10.4 Å². The normalized spacial score (nSPS) is 19.0. The Kier molecular flexibility index (Phi) is 3.80. The number of hydrogen-bond donors (Lipinski definition) is 2. The van der Waals surface area contributed by atoms with Crippen molar-refractivity contribution in [1.29, 1.82) is 0 Å². The number of phenolic OH excluding ortho intramolecular Hbond substituents is 1. The van der Waals surface area contributed by atoms with Crippen LogP contribution in [-0.4, -0.2) is 37.0 Å². The number of nitrogens with one attached hydrogen (secondary N) is 1. The van der Waals surface area contributed by atoms with E-state index in [9.17, 15) is 18.3 Å². The summed E-state index contributed by atoms with van der Waals surface area (Å²) < 4.78 is 22.6. The number of carbonyl (C=O) groups excluding carboxylic acids is 1. The van der Waals surface area contributed by atoms with Gasteiger partial charge in [0.1, 0.15) is 15.6 Å². The average Bonchev–Trinajstić information content (AvgIpc) is 2.35. The molecule has 1 fully saturated rings. The van der Waals surface area contributed by atoms with Crippen LogP contribution in [0.5, 0.6) is 5.75 Å². The quantitative estimate of drug-likeness (QED) is 0.848. The highest BCUT2D eigenvalue weighted by Crippen LogP contribution is 2.19. The molecule has 2 rings (SSSR count). The van der Waals surface area contributed by atoms with Crippen molar-refractivity contribution in [3.63, 3.8) is 0 Å². The van der Waals surface area contributed by atoms with Gasteiger partial charge in [0.15, 0.2) is 0 Å². The predicted molar refractivity (Wildman–Crippen MR) is 72.0 cm³/mol. The van der Waals surface area contributed by atoms with Gasteiger partial charge in [-0.3, -0.25) is 4.79 Å². The van der Waals surface area contributed by atoms with Crippen LogP contribution in [0.2, 0.25) is 0 Å². The third-order valence-electron chi connectivity index (χ3n) is 3.29. The lowest BCUT2D eigenvalue weighted by Gasteiger charge is -2.23. The molecule has 5 nitrogen and oxygen atoms in total. The first-order valence-corrected chi connectivity index (χ1v) is 8.00. The van der Waals surface area contributed by atoms with E-state index in [1.165, 1.54) is 6.07 Å². The van der Waals surface area contributed by atoms with Crippen LogP contribution in [0.15, 0.2) is 18.2 Å². The Morgan fingerprint density at radius 1 is 1.32 bits per heavy atom. The van der Waals surface area contributed by atoms with E-state index in [1.807, 2.05) is 6.92 Å². The molecule has 2 N–H and O–H groups in total. The molecule has 0 saturated carbocycles. The van der Waals surface area contributed by atoms with Crippen LogP contribution in [0, 0.1) is 6.92 Å². The van der Waals surface area contributed by atoms with E-state index >= 15 is 0 Å². The van der Waals surface area contributed by atoms with Crippen LogP contribution in [-0.2, 0) is 9.84 Å². The molecule has 0 atom stereocenters. The SMILES string of the molecule is Cc1ccc(O)c(C(=O)NC2CCS(=O)(=O)CC2)c1. The summed E-state index contributed by atoms with van der Waals surface area (Å²) in [5, 5.41) is 12.4. The largest absolute Gasteiger partial charge is 0.507 e. The third-order valence-corrected chi connectivity index (χ3v) is 5.00. The highest BCUT2D eigenvalue weighted by molar-refractivity contribution is 7.91. The molecule has 0 radical (unpaired) electrons. The number of sulfone groups is 1. The molecule has 0 unspecified atom stereocenters. The molecule has 1 saturated heterocycles. The average molecular weight is 283 g/mol. The van der Waals surface area contributed by atoms with E-state index in [0.717, 1.165) is 5.56 Å². The summed E-state index contributed by atoms with van der Waals surface area (Å²) >= 11 is 0. The van der Waals surface area contributed by atoms with E-state index < -0.39 is 9.84 Å². The van der Waals surface area contributed by atoms with Gasteiger partial charge in [0.05, 0.1) is 17.1 Å². The van der Waals surface area contributed by atoms with Crippen LogP contribution < -0.4 is 5.32 Å². The molecule has 0 aromatic heterocycles. The summed E-state index contributed by atoms with van der Waals surface area (Å²) in [6, 6.07) is 4.68. The number of hydrogen-bond acceptors (Lipinski definition) is 4.